The second-order valence-electron chi connectivity index (χ2n) is 3.12. The van der Waals surface area contributed by atoms with Gasteiger partial charge in [0.2, 0.25) is 0 Å². The minimum absolute atomic E-state index is 0.913. The molecule has 0 fully saturated rings. The van der Waals surface area contributed by atoms with Crippen molar-refractivity contribution in [2.45, 2.75) is 5.33 Å². The van der Waals surface area contributed by atoms with Crippen LogP contribution in [0.25, 0.3) is 11.1 Å². The summed E-state index contributed by atoms with van der Waals surface area (Å²) in [6, 6.07) is 19.6. The molecule has 0 aliphatic rings. The van der Waals surface area contributed by atoms with E-state index in [2.05, 4.69) is 58.4 Å². The van der Waals surface area contributed by atoms with Gasteiger partial charge in [0.1, 0.15) is 0 Å². The predicted octanol–water partition coefficient (Wildman–Crippen LogP) is 4.05. The molecule has 1 radical (unpaired) electrons. The molecular weight excluding hydrogens is 236 g/mol. The average Bonchev–Trinajstić information content (AvgIpc) is 2.30. The van der Waals surface area contributed by atoms with Crippen LogP contribution in [0.1, 0.15) is 5.56 Å². The minimum Gasteiger partial charge on any atom is -0.0876 e. The molecule has 0 amide bonds. The molecule has 2 rings (SSSR count). The van der Waals surface area contributed by atoms with E-state index in [9.17, 15) is 0 Å². The molecular formula is C13H10Br. The fourth-order valence-electron chi connectivity index (χ4n) is 1.37. The van der Waals surface area contributed by atoms with Gasteiger partial charge in [-0.25, -0.2) is 0 Å². The van der Waals surface area contributed by atoms with E-state index >= 15 is 0 Å². The topological polar surface area (TPSA) is 0 Å². The van der Waals surface area contributed by atoms with E-state index in [1.165, 1.54) is 16.7 Å². The van der Waals surface area contributed by atoms with E-state index < -0.39 is 0 Å². The fraction of sp³-hybridized carbons (Fsp3) is 0.0769. The SMILES string of the molecule is BrCc1ccc(-c2cc[c]cc2)cc1. The van der Waals surface area contributed by atoms with Crippen LogP contribution in [0, 0.1) is 6.07 Å². The van der Waals surface area contributed by atoms with Crippen molar-refractivity contribution >= 4 is 15.9 Å². The molecule has 0 aromatic heterocycles. The molecule has 0 unspecified atom stereocenters. The molecule has 1 heteroatoms. The highest BCUT2D eigenvalue weighted by Gasteiger charge is 1.95. The molecule has 14 heavy (non-hydrogen) atoms. The van der Waals surface area contributed by atoms with Crippen molar-refractivity contribution in [3.63, 3.8) is 0 Å². The fourth-order valence-corrected chi connectivity index (χ4v) is 1.74. The molecule has 69 valence electrons. The van der Waals surface area contributed by atoms with Gasteiger partial charge in [0.05, 0.1) is 0 Å². The summed E-state index contributed by atoms with van der Waals surface area (Å²) in [5.41, 5.74) is 3.80. The van der Waals surface area contributed by atoms with Gasteiger partial charge < -0.3 is 0 Å². The largest absolute Gasteiger partial charge is 0.0876 e. The maximum absolute atomic E-state index is 3.43. The summed E-state index contributed by atoms with van der Waals surface area (Å²) in [6.45, 7) is 0. The Morgan fingerprint density at radius 3 is 2.00 bits per heavy atom. The van der Waals surface area contributed by atoms with Crippen molar-refractivity contribution in [3.05, 3.63) is 60.2 Å². The zero-order valence-electron chi connectivity index (χ0n) is 7.70. The average molecular weight is 246 g/mol. The summed E-state index contributed by atoms with van der Waals surface area (Å²) in [7, 11) is 0. The standard InChI is InChI=1S/C13H10Br/c14-10-11-6-8-13(9-7-11)12-4-2-1-3-5-12/h2-9H,10H2. The van der Waals surface area contributed by atoms with Crippen molar-refractivity contribution in [1.29, 1.82) is 0 Å². The summed E-state index contributed by atoms with van der Waals surface area (Å²) >= 11 is 3.43. The molecule has 0 aliphatic carbocycles. The van der Waals surface area contributed by atoms with Gasteiger partial charge >= 0.3 is 0 Å². The highest BCUT2D eigenvalue weighted by atomic mass is 79.9. The van der Waals surface area contributed by atoms with Gasteiger partial charge in [0, 0.05) is 5.33 Å². The lowest BCUT2D eigenvalue weighted by molar-refractivity contribution is 1.43. The molecule has 0 N–H and O–H groups in total. The molecule has 0 heterocycles. The first-order chi connectivity index (χ1) is 6.90. The zero-order chi connectivity index (χ0) is 9.80. The maximum atomic E-state index is 3.43. The van der Waals surface area contributed by atoms with Crippen LogP contribution in [-0.4, -0.2) is 0 Å². The van der Waals surface area contributed by atoms with Gasteiger partial charge in [0.25, 0.3) is 0 Å². The van der Waals surface area contributed by atoms with Crippen LogP contribution >= 0.6 is 15.9 Å². The minimum atomic E-state index is 0.913. The highest BCUT2D eigenvalue weighted by Crippen LogP contribution is 2.19. The smallest absolute Gasteiger partial charge is 0.0283 e. The van der Waals surface area contributed by atoms with Gasteiger partial charge in [-0.3, -0.25) is 0 Å². The Labute approximate surface area is 92.7 Å². The van der Waals surface area contributed by atoms with E-state index in [4.69, 9.17) is 0 Å². The number of halogens is 1. The first-order valence-electron chi connectivity index (χ1n) is 4.51. The molecule has 0 saturated carbocycles. The Bertz CT molecular complexity index is 389. The van der Waals surface area contributed by atoms with Gasteiger partial charge in [-0.2, -0.15) is 0 Å². The quantitative estimate of drug-likeness (QED) is 0.701. The number of hydrogen-bond acceptors (Lipinski definition) is 0. The Balaban J connectivity index is 2.34. The van der Waals surface area contributed by atoms with Crippen LogP contribution in [0.4, 0.5) is 0 Å². The van der Waals surface area contributed by atoms with Crippen molar-refractivity contribution in [1.82, 2.24) is 0 Å². The van der Waals surface area contributed by atoms with E-state index in [0.717, 1.165) is 5.33 Å². The molecule has 2 aromatic carbocycles. The summed E-state index contributed by atoms with van der Waals surface area (Å²) in [5, 5.41) is 0.913. The van der Waals surface area contributed by atoms with Gasteiger partial charge in [-0.15, -0.1) is 0 Å². The highest BCUT2D eigenvalue weighted by molar-refractivity contribution is 9.08. The van der Waals surface area contributed by atoms with Gasteiger partial charge in [-0.05, 0) is 22.8 Å². The maximum Gasteiger partial charge on any atom is 0.0283 e. The normalized spacial score (nSPS) is 10.1. The van der Waals surface area contributed by atoms with E-state index in [-0.39, 0.29) is 0 Å². The lowest BCUT2D eigenvalue weighted by Crippen LogP contribution is -1.79. The van der Waals surface area contributed by atoms with Crippen LogP contribution in [-0.2, 0) is 5.33 Å². The second kappa shape index (κ2) is 4.43. The summed E-state index contributed by atoms with van der Waals surface area (Å²) in [4.78, 5) is 0. The summed E-state index contributed by atoms with van der Waals surface area (Å²) < 4.78 is 0. The molecule has 0 saturated heterocycles. The summed E-state index contributed by atoms with van der Waals surface area (Å²) in [5.74, 6) is 0. The van der Waals surface area contributed by atoms with Crippen molar-refractivity contribution in [3.8, 4) is 11.1 Å². The molecule has 0 atom stereocenters. The number of rotatable bonds is 2. The van der Waals surface area contributed by atoms with Crippen LogP contribution in [0.15, 0.2) is 48.5 Å². The van der Waals surface area contributed by atoms with Crippen molar-refractivity contribution < 1.29 is 0 Å². The summed E-state index contributed by atoms with van der Waals surface area (Å²) in [6.07, 6.45) is 0. The molecule has 0 bridgehead atoms. The number of alkyl halides is 1. The Hall–Kier alpha value is -1.08. The zero-order valence-corrected chi connectivity index (χ0v) is 9.29. The Morgan fingerprint density at radius 1 is 0.857 bits per heavy atom. The third kappa shape index (κ3) is 2.05. The van der Waals surface area contributed by atoms with E-state index in [1.54, 1.807) is 0 Å². The monoisotopic (exact) mass is 245 g/mol. The van der Waals surface area contributed by atoms with Crippen LogP contribution in [0.3, 0.4) is 0 Å². The van der Waals surface area contributed by atoms with Crippen LogP contribution < -0.4 is 0 Å². The number of hydrogen-bond donors (Lipinski definition) is 0. The van der Waals surface area contributed by atoms with E-state index in [0.29, 0.717) is 0 Å². The number of benzene rings is 2. The van der Waals surface area contributed by atoms with Gasteiger partial charge in [0.15, 0.2) is 0 Å². The first-order valence-corrected chi connectivity index (χ1v) is 5.64. The lowest BCUT2D eigenvalue weighted by Gasteiger charge is -2.01. The van der Waals surface area contributed by atoms with Crippen LogP contribution in [0.2, 0.25) is 0 Å². The van der Waals surface area contributed by atoms with E-state index in [1.807, 2.05) is 12.1 Å². The third-order valence-electron chi connectivity index (χ3n) is 2.16. The predicted molar refractivity (Wildman–Crippen MR) is 63.3 cm³/mol. The first kappa shape index (κ1) is 9.47. The Morgan fingerprint density at radius 2 is 1.43 bits per heavy atom. The Kier molecular flexibility index (Phi) is 3.00. The molecule has 0 aliphatic heterocycles. The lowest BCUT2D eigenvalue weighted by atomic mass is 10.0. The van der Waals surface area contributed by atoms with Crippen molar-refractivity contribution in [2.24, 2.45) is 0 Å². The van der Waals surface area contributed by atoms with Gasteiger partial charge in [-0.1, -0.05) is 64.5 Å². The van der Waals surface area contributed by atoms with Crippen molar-refractivity contribution in [2.75, 3.05) is 0 Å². The van der Waals surface area contributed by atoms with Crippen LogP contribution in [0.5, 0.6) is 0 Å². The molecule has 0 nitrogen and oxygen atoms in total. The second-order valence-corrected chi connectivity index (χ2v) is 3.68. The third-order valence-corrected chi connectivity index (χ3v) is 2.81. The molecule has 2 aromatic rings. The molecule has 0 spiro atoms.